The second-order valence-corrected chi connectivity index (χ2v) is 4.10. The van der Waals surface area contributed by atoms with Gasteiger partial charge in [-0.2, -0.15) is 0 Å². The van der Waals surface area contributed by atoms with Crippen molar-refractivity contribution in [3.8, 4) is 0 Å². The average molecular weight is 240 g/mol. The van der Waals surface area contributed by atoms with Gasteiger partial charge in [0.15, 0.2) is 5.79 Å². The van der Waals surface area contributed by atoms with Crippen LogP contribution in [0.25, 0.3) is 0 Å². The lowest BCUT2D eigenvalue weighted by Crippen LogP contribution is -2.24. The average Bonchev–Trinajstić information content (AvgIpc) is 2.60. The summed E-state index contributed by atoms with van der Waals surface area (Å²) >= 11 is 0. The number of hydrogen-bond acceptors (Lipinski definition) is 3. The van der Waals surface area contributed by atoms with Gasteiger partial charge in [-0.1, -0.05) is 12.1 Å². The van der Waals surface area contributed by atoms with E-state index in [-0.39, 0.29) is 18.8 Å². The van der Waals surface area contributed by atoms with Crippen molar-refractivity contribution in [2.45, 2.75) is 25.2 Å². The molecule has 1 aliphatic rings. The van der Waals surface area contributed by atoms with Crippen LogP contribution in [0.1, 0.15) is 18.9 Å². The Labute approximate surface area is 98.0 Å². The Bertz CT molecular complexity index is 434. The van der Waals surface area contributed by atoms with E-state index in [9.17, 15) is 9.18 Å². The number of benzene rings is 1. The van der Waals surface area contributed by atoms with E-state index in [1.807, 2.05) is 0 Å². The van der Waals surface area contributed by atoms with Crippen LogP contribution >= 0.6 is 0 Å². The summed E-state index contributed by atoms with van der Waals surface area (Å²) in [5.41, 5.74) is 0.547. The van der Waals surface area contributed by atoms with E-state index in [4.69, 9.17) is 14.6 Å². The largest absolute Gasteiger partial charge is 0.481 e. The maximum atomic E-state index is 13.1. The van der Waals surface area contributed by atoms with Crippen LogP contribution in [-0.2, 0) is 20.1 Å². The fourth-order valence-corrected chi connectivity index (χ4v) is 1.86. The SMILES string of the molecule is CC1(c2cccc(F)c2)OCC(CC(=O)O)O1. The summed E-state index contributed by atoms with van der Waals surface area (Å²) in [6.45, 7) is 1.85. The van der Waals surface area contributed by atoms with Gasteiger partial charge in [0, 0.05) is 5.56 Å². The number of ether oxygens (including phenoxy) is 2. The van der Waals surface area contributed by atoms with Crippen molar-refractivity contribution in [1.29, 1.82) is 0 Å². The van der Waals surface area contributed by atoms with Crippen molar-refractivity contribution in [1.82, 2.24) is 0 Å². The van der Waals surface area contributed by atoms with Gasteiger partial charge in [-0.05, 0) is 19.1 Å². The third kappa shape index (κ3) is 2.62. The zero-order valence-electron chi connectivity index (χ0n) is 9.35. The summed E-state index contributed by atoms with van der Waals surface area (Å²) < 4.78 is 24.1. The highest BCUT2D eigenvalue weighted by molar-refractivity contribution is 5.67. The van der Waals surface area contributed by atoms with Crippen LogP contribution in [0.4, 0.5) is 4.39 Å². The molecule has 1 aliphatic heterocycles. The van der Waals surface area contributed by atoms with E-state index in [0.29, 0.717) is 5.56 Å². The second kappa shape index (κ2) is 4.43. The lowest BCUT2D eigenvalue weighted by molar-refractivity contribution is -0.166. The molecule has 2 unspecified atom stereocenters. The highest BCUT2D eigenvalue weighted by Crippen LogP contribution is 2.34. The van der Waals surface area contributed by atoms with Crippen molar-refractivity contribution >= 4 is 5.97 Å². The van der Waals surface area contributed by atoms with Gasteiger partial charge in [0.1, 0.15) is 5.82 Å². The van der Waals surface area contributed by atoms with Crippen LogP contribution in [0.3, 0.4) is 0 Å². The minimum Gasteiger partial charge on any atom is -0.481 e. The summed E-state index contributed by atoms with van der Waals surface area (Å²) in [5.74, 6) is -2.39. The minimum absolute atomic E-state index is 0.120. The van der Waals surface area contributed by atoms with Gasteiger partial charge in [0.05, 0.1) is 19.1 Å². The lowest BCUT2D eigenvalue weighted by atomic mass is 10.1. The third-order valence-electron chi connectivity index (χ3n) is 2.69. The second-order valence-electron chi connectivity index (χ2n) is 4.10. The predicted molar refractivity (Wildman–Crippen MR) is 56.8 cm³/mol. The quantitative estimate of drug-likeness (QED) is 0.876. The van der Waals surface area contributed by atoms with Crippen molar-refractivity contribution in [3.63, 3.8) is 0 Å². The molecule has 2 rings (SSSR count). The molecule has 92 valence electrons. The lowest BCUT2D eigenvalue weighted by Gasteiger charge is -2.23. The van der Waals surface area contributed by atoms with Crippen LogP contribution in [0.5, 0.6) is 0 Å². The van der Waals surface area contributed by atoms with E-state index in [0.717, 1.165) is 0 Å². The molecule has 2 atom stereocenters. The molecular weight excluding hydrogens is 227 g/mol. The Morgan fingerprint density at radius 2 is 2.41 bits per heavy atom. The van der Waals surface area contributed by atoms with Crippen molar-refractivity contribution in [2.24, 2.45) is 0 Å². The van der Waals surface area contributed by atoms with E-state index < -0.39 is 17.9 Å². The molecular formula is C12H13FO4. The number of rotatable bonds is 3. The molecule has 0 aromatic heterocycles. The van der Waals surface area contributed by atoms with Crippen LogP contribution in [0.2, 0.25) is 0 Å². The van der Waals surface area contributed by atoms with E-state index >= 15 is 0 Å². The van der Waals surface area contributed by atoms with Gasteiger partial charge in [-0.3, -0.25) is 4.79 Å². The van der Waals surface area contributed by atoms with E-state index in [2.05, 4.69) is 0 Å². The van der Waals surface area contributed by atoms with Crippen LogP contribution in [0, 0.1) is 5.82 Å². The summed E-state index contributed by atoms with van der Waals surface area (Å²) in [6, 6.07) is 5.90. The number of hydrogen-bond donors (Lipinski definition) is 1. The minimum atomic E-state index is -1.07. The maximum absolute atomic E-state index is 13.1. The first kappa shape index (κ1) is 12.0. The summed E-state index contributed by atoms with van der Waals surface area (Å²) in [7, 11) is 0. The van der Waals surface area contributed by atoms with E-state index in [1.165, 1.54) is 12.1 Å². The summed E-state index contributed by atoms with van der Waals surface area (Å²) in [5, 5.41) is 8.66. The number of carboxylic acids is 1. The fraction of sp³-hybridized carbons (Fsp3) is 0.417. The summed E-state index contributed by atoms with van der Waals surface area (Å²) in [6.07, 6.45) is -0.619. The highest BCUT2D eigenvalue weighted by Gasteiger charge is 2.39. The standard InChI is InChI=1S/C12H13FO4/c1-12(8-3-2-4-9(13)5-8)16-7-10(17-12)6-11(14)15/h2-5,10H,6-7H2,1H3,(H,14,15). The van der Waals surface area contributed by atoms with Crippen molar-refractivity contribution in [3.05, 3.63) is 35.6 Å². The molecule has 0 saturated carbocycles. The molecule has 0 spiro atoms. The van der Waals surface area contributed by atoms with Gasteiger partial charge in [0.2, 0.25) is 0 Å². The number of aliphatic carboxylic acids is 1. The molecule has 4 nitrogen and oxygen atoms in total. The highest BCUT2D eigenvalue weighted by atomic mass is 19.1. The molecule has 0 bridgehead atoms. The smallest absolute Gasteiger partial charge is 0.306 e. The van der Waals surface area contributed by atoms with Crippen molar-refractivity contribution < 1.29 is 23.8 Å². The molecule has 1 saturated heterocycles. The first-order chi connectivity index (χ1) is 7.99. The van der Waals surface area contributed by atoms with Gasteiger partial charge >= 0.3 is 5.97 Å². The monoisotopic (exact) mass is 240 g/mol. The topological polar surface area (TPSA) is 55.8 Å². The third-order valence-corrected chi connectivity index (χ3v) is 2.69. The molecule has 1 N–H and O–H groups in total. The number of carboxylic acid groups (broad SMARTS) is 1. The molecule has 1 fully saturated rings. The molecule has 0 radical (unpaired) electrons. The molecule has 0 aliphatic carbocycles. The van der Waals surface area contributed by atoms with Crippen LogP contribution < -0.4 is 0 Å². The van der Waals surface area contributed by atoms with Crippen LogP contribution in [0.15, 0.2) is 24.3 Å². The van der Waals surface area contributed by atoms with Gasteiger partial charge < -0.3 is 14.6 Å². The zero-order valence-corrected chi connectivity index (χ0v) is 9.35. The van der Waals surface area contributed by atoms with E-state index in [1.54, 1.807) is 19.1 Å². The first-order valence-electron chi connectivity index (χ1n) is 5.29. The zero-order chi connectivity index (χ0) is 12.5. The Morgan fingerprint density at radius 3 is 3.06 bits per heavy atom. The van der Waals surface area contributed by atoms with Crippen molar-refractivity contribution in [2.75, 3.05) is 6.61 Å². The van der Waals surface area contributed by atoms with Gasteiger partial charge in [-0.15, -0.1) is 0 Å². The van der Waals surface area contributed by atoms with Crippen LogP contribution in [-0.4, -0.2) is 23.8 Å². The molecule has 17 heavy (non-hydrogen) atoms. The number of carbonyl (C=O) groups is 1. The maximum Gasteiger partial charge on any atom is 0.306 e. The molecule has 0 amide bonds. The normalized spacial score (nSPS) is 28.2. The molecule has 1 aromatic carbocycles. The predicted octanol–water partition coefficient (Wildman–Crippen LogP) is 1.89. The number of halogens is 1. The Balaban J connectivity index is 2.14. The first-order valence-corrected chi connectivity index (χ1v) is 5.29. The molecule has 1 heterocycles. The Hall–Kier alpha value is -1.46. The molecule has 1 aromatic rings. The Kier molecular flexibility index (Phi) is 3.13. The summed E-state index contributed by atoms with van der Waals surface area (Å²) in [4.78, 5) is 10.6. The van der Waals surface area contributed by atoms with Gasteiger partial charge in [-0.25, -0.2) is 4.39 Å². The van der Waals surface area contributed by atoms with Gasteiger partial charge in [0.25, 0.3) is 0 Å². The Morgan fingerprint density at radius 1 is 1.65 bits per heavy atom. The molecule has 5 heteroatoms. The fourth-order valence-electron chi connectivity index (χ4n) is 1.86.